The summed E-state index contributed by atoms with van der Waals surface area (Å²) in [6.45, 7) is 12.5. The van der Waals surface area contributed by atoms with E-state index in [4.69, 9.17) is 4.74 Å². The average Bonchev–Trinajstić information content (AvgIpc) is 3.38. The van der Waals surface area contributed by atoms with E-state index in [9.17, 15) is 10.5 Å². The third-order valence-electron chi connectivity index (χ3n) is 9.58. The van der Waals surface area contributed by atoms with Gasteiger partial charge in [-0.1, -0.05) is 96.1 Å². The van der Waals surface area contributed by atoms with Gasteiger partial charge in [0.15, 0.2) is 11.5 Å². The van der Waals surface area contributed by atoms with Crippen molar-refractivity contribution in [1.82, 2.24) is 4.57 Å². The molecule has 1 aromatic heterocycles. The lowest BCUT2D eigenvalue weighted by Crippen LogP contribution is -2.59. The molecule has 0 unspecified atom stereocenters. The van der Waals surface area contributed by atoms with Crippen molar-refractivity contribution in [3.8, 4) is 29.3 Å². The van der Waals surface area contributed by atoms with Gasteiger partial charge in [-0.25, -0.2) is 0 Å². The van der Waals surface area contributed by atoms with Crippen LogP contribution in [0.3, 0.4) is 0 Å². The summed E-state index contributed by atoms with van der Waals surface area (Å²) in [6, 6.07) is 36.7. The number of fused-ring (bicyclic) bond motifs is 7. The van der Waals surface area contributed by atoms with E-state index < -0.39 is 0 Å². The van der Waals surface area contributed by atoms with Crippen molar-refractivity contribution in [2.24, 2.45) is 0 Å². The predicted octanol–water partition coefficient (Wildman–Crippen LogP) is 8.49. The molecule has 5 nitrogen and oxygen atoms in total. The zero-order valence-electron chi connectivity index (χ0n) is 26.9. The van der Waals surface area contributed by atoms with Crippen LogP contribution in [-0.4, -0.2) is 11.4 Å². The smallest absolute Gasteiger partial charge is 0.332 e. The van der Waals surface area contributed by atoms with Gasteiger partial charge in [-0.3, -0.25) is 0 Å². The highest BCUT2D eigenvalue weighted by Gasteiger charge is 2.44. The molecule has 0 fully saturated rings. The second kappa shape index (κ2) is 9.52. The third-order valence-corrected chi connectivity index (χ3v) is 9.58. The summed E-state index contributed by atoms with van der Waals surface area (Å²) in [5, 5.41) is 23.8. The minimum atomic E-state index is -0.335. The zero-order chi connectivity index (χ0) is 32.1. The molecule has 0 atom stereocenters. The Morgan fingerprint density at radius 2 is 1.17 bits per heavy atom. The summed E-state index contributed by atoms with van der Waals surface area (Å²) in [7, 11) is 0. The highest BCUT2D eigenvalue weighted by molar-refractivity contribution is 6.92. The van der Waals surface area contributed by atoms with Crippen LogP contribution in [-0.2, 0) is 10.8 Å². The van der Waals surface area contributed by atoms with Crippen molar-refractivity contribution >= 4 is 51.0 Å². The molecule has 0 saturated heterocycles. The van der Waals surface area contributed by atoms with Crippen LogP contribution < -0.4 is 20.5 Å². The molecular formula is C40H33BN4O. The Morgan fingerprint density at radius 1 is 0.630 bits per heavy atom. The van der Waals surface area contributed by atoms with Crippen LogP contribution in [0.15, 0.2) is 91.0 Å². The molecule has 2 aliphatic rings. The van der Waals surface area contributed by atoms with Gasteiger partial charge in [-0.05, 0) is 69.3 Å². The van der Waals surface area contributed by atoms with Gasteiger partial charge < -0.3 is 14.1 Å². The number of benzene rings is 5. The van der Waals surface area contributed by atoms with Crippen LogP contribution in [0.2, 0.25) is 0 Å². The molecule has 222 valence electrons. The average molecular weight is 597 g/mol. The first kappa shape index (κ1) is 28.0. The van der Waals surface area contributed by atoms with Crippen molar-refractivity contribution in [2.45, 2.75) is 52.4 Å². The molecule has 46 heavy (non-hydrogen) atoms. The summed E-state index contributed by atoms with van der Waals surface area (Å²) >= 11 is 0. The van der Waals surface area contributed by atoms with E-state index in [-0.39, 0.29) is 17.7 Å². The normalized spacial score (nSPS) is 13.5. The van der Waals surface area contributed by atoms with Gasteiger partial charge in [-0.15, -0.1) is 0 Å². The third kappa shape index (κ3) is 3.87. The maximum atomic E-state index is 10.7. The fraction of sp³-hybridized carbons (Fsp3) is 0.200. The highest BCUT2D eigenvalue weighted by atomic mass is 16.5. The lowest BCUT2D eigenvalue weighted by Gasteiger charge is -2.41. The van der Waals surface area contributed by atoms with Gasteiger partial charge >= 0.3 is 6.85 Å². The summed E-state index contributed by atoms with van der Waals surface area (Å²) in [5.74, 6) is 1.25. The van der Waals surface area contributed by atoms with E-state index in [2.05, 4.69) is 142 Å². The number of hydrogen-bond acceptors (Lipinski definition) is 4. The van der Waals surface area contributed by atoms with Crippen molar-refractivity contribution in [1.29, 1.82) is 10.5 Å². The Morgan fingerprint density at radius 3 is 1.78 bits per heavy atom. The van der Waals surface area contributed by atoms with E-state index in [1.54, 1.807) is 0 Å². The molecule has 0 amide bonds. The first-order valence-electron chi connectivity index (χ1n) is 15.8. The molecule has 0 N–H and O–H groups in total. The van der Waals surface area contributed by atoms with Crippen LogP contribution in [0, 0.1) is 22.7 Å². The molecule has 0 spiro atoms. The largest absolute Gasteiger partial charge is 0.453 e. The number of hydrogen-bond donors (Lipinski definition) is 0. The summed E-state index contributed by atoms with van der Waals surface area (Å²) in [5.41, 5.74) is 9.61. The highest BCUT2D eigenvalue weighted by Crippen LogP contribution is 2.53. The topological polar surface area (TPSA) is 65.0 Å². The van der Waals surface area contributed by atoms with Gasteiger partial charge in [0.1, 0.15) is 12.1 Å². The molecule has 0 aliphatic carbocycles. The molecule has 2 aliphatic heterocycles. The fourth-order valence-corrected chi connectivity index (χ4v) is 7.28. The SMILES string of the molecule is CC(C)(C)c1cc(C#N)c2c(c1)Oc1cc(C(C)(C)C)cc(C#N)c1N2B1c2ccccc2-n2c3ccccc3c3cccc1c32. The van der Waals surface area contributed by atoms with E-state index in [0.29, 0.717) is 34.0 Å². The van der Waals surface area contributed by atoms with Crippen LogP contribution in [0.5, 0.6) is 11.5 Å². The molecular weight excluding hydrogens is 563 g/mol. The van der Waals surface area contributed by atoms with Gasteiger partial charge in [-0.2, -0.15) is 10.5 Å². The lowest BCUT2D eigenvalue weighted by atomic mass is 9.46. The molecule has 0 saturated carbocycles. The maximum absolute atomic E-state index is 10.7. The van der Waals surface area contributed by atoms with Crippen LogP contribution in [0.1, 0.15) is 63.8 Å². The monoisotopic (exact) mass is 596 g/mol. The lowest BCUT2D eigenvalue weighted by molar-refractivity contribution is 0.470. The van der Waals surface area contributed by atoms with Crippen molar-refractivity contribution < 1.29 is 4.74 Å². The molecule has 0 bridgehead atoms. The second-order valence-electron chi connectivity index (χ2n) is 14.5. The number of rotatable bonds is 1. The number of aromatic nitrogens is 1. The van der Waals surface area contributed by atoms with Crippen molar-refractivity contribution in [2.75, 3.05) is 4.81 Å². The van der Waals surface area contributed by atoms with Crippen LogP contribution in [0.25, 0.3) is 27.5 Å². The Labute approximate surface area is 270 Å². The Hall–Kier alpha value is -5.46. The number of nitrogens with zero attached hydrogens (tertiary/aromatic N) is 4. The molecule has 6 aromatic rings. The number of nitriles is 2. The zero-order valence-corrected chi connectivity index (χ0v) is 26.9. The second-order valence-corrected chi connectivity index (χ2v) is 14.5. The van der Waals surface area contributed by atoms with E-state index in [0.717, 1.165) is 38.8 Å². The van der Waals surface area contributed by atoms with Gasteiger partial charge in [0.25, 0.3) is 0 Å². The molecule has 3 heterocycles. The van der Waals surface area contributed by atoms with E-state index in [1.807, 2.05) is 12.1 Å². The minimum Gasteiger partial charge on any atom is -0.453 e. The maximum Gasteiger partial charge on any atom is 0.332 e. The van der Waals surface area contributed by atoms with E-state index >= 15 is 0 Å². The van der Waals surface area contributed by atoms with Crippen LogP contribution >= 0.6 is 0 Å². The first-order valence-corrected chi connectivity index (χ1v) is 15.8. The summed E-state index contributed by atoms with van der Waals surface area (Å²) in [6.07, 6.45) is 0. The quantitative estimate of drug-likeness (QED) is 0.179. The first-order chi connectivity index (χ1) is 22.0. The standard InChI is InChI=1S/C40H33BN4O/c1-39(2,3)26-18-24(22-42)36-34(20-26)46-35-21-27(40(4,5)6)19-25(23-43)37(35)45(36)41-30-14-8-10-17-33(30)44-32-16-9-7-12-28(32)29-13-11-15-31(41)38(29)44/h7-21H,1-6H3. The summed E-state index contributed by atoms with van der Waals surface area (Å²) < 4.78 is 9.16. The number of ether oxygens (including phenoxy) is 1. The Bertz CT molecular complexity index is 2280. The van der Waals surface area contributed by atoms with Gasteiger partial charge in [0.2, 0.25) is 0 Å². The van der Waals surface area contributed by atoms with Gasteiger partial charge in [0, 0.05) is 16.5 Å². The fourth-order valence-electron chi connectivity index (χ4n) is 7.28. The van der Waals surface area contributed by atoms with Crippen molar-refractivity contribution in [3.05, 3.63) is 113 Å². The molecule has 5 aromatic carbocycles. The Balaban J connectivity index is 1.53. The molecule has 0 radical (unpaired) electrons. The molecule has 6 heteroatoms. The summed E-state index contributed by atoms with van der Waals surface area (Å²) in [4.78, 5) is 2.22. The molecule has 8 rings (SSSR count). The minimum absolute atomic E-state index is 0.204. The van der Waals surface area contributed by atoms with Crippen molar-refractivity contribution in [3.63, 3.8) is 0 Å². The Kier molecular flexibility index (Phi) is 5.81. The van der Waals surface area contributed by atoms with E-state index in [1.165, 1.54) is 10.8 Å². The number of para-hydroxylation sites is 3. The van der Waals surface area contributed by atoms with Gasteiger partial charge in [0.05, 0.1) is 33.5 Å². The predicted molar refractivity (Wildman–Crippen MR) is 188 cm³/mol. The number of anilines is 2. The van der Waals surface area contributed by atoms with Crippen LogP contribution in [0.4, 0.5) is 11.4 Å².